The van der Waals surface area contributed by atoms with Crippen LogP contribution in [-0.2, 0) is 9.53 Å². The fraction of sp³-hybridized carbons (Fsp3) is 0.350. The van der Waals surface area contributed by atoms with Crippen LogP contribution >= 0.6 is 0 Å². The highest BCUT2D eigenvalue weighted by atomic mass is 19.1. The molecule has 0 aliphatic heterocycles. The lowest BCUT2D eigenvalue weighted by molar-refractivity contribution is -0.149. The zero-order valence-corrected chi connectivity index (χ0v) is 14.3. The molecule has 3 rings (SSSR count). The number of halogens is 1. The lowest BCUT2D eigenvalue weighted by Gasteiger charge is -2.44. The number of nitrogens with two attached hydrogens (primary N) is 1. The van der Waals surface area contributed by atoms with Crippen LogP contribution in [-0.4, -0.2) is 13.1 Å². The Morgan fingerprint density at radius 3 is 2.73 bits per heavy atom. The fourth-order valence-corrected chi connectivity index (χ4v) is 4.23. The second-order valence-corrected chi connectivity index (χ2v) is 6.51. The zero-order chi connectivity index (χ0) is 18.9. The number of hydrogen-bond donors (Lipinski definition) is 1. The average Bonchev–Trinajstić information content (AvgIpc) is 2.67. The van der Waals surface area contributed by atoms with Gasteiger partial charge in [-0.1, -0.05) is 24.3 Å². The molecule has 0 spiro atoms. The molecule has 0 fully saturated rings. The molecule has 0 aromatic heterocycles. The molecule has 2 aliphatic carbocycles. The quantitative estimate of drug-likeness (QED) is 0.825. The van der Waals surface area contributed by atoms with E-state index in [2.05, 4.69) is 0 Å². The minimum absolute atomic E-state index is 0.134. The monoisotopic (exact) mass is 351 g/mol. The summed E-state index contributed by atoms with van der Waals surface area (Å²) in [7, 11) is 1.16. The lowest BCUT2D eigenvalue weighted by atomic mass is 9.56. The van der Waals surface area contributed by atoms with Crippen molar-refractivity contribution in [2.24, 2.45) is 17.1 Å². The number of ether oxygens (including phenoxy) is 1. The van der Waals surface area contributed by atoms with E-state index in [0.29, 0.717) is 12.0 Å². The van der Waals surface area contributed by atoms with E-state index < -0.39 is 23.1 Å². The van der Waals surface area contributed by atoms with Crippen molar-refractivity contribution in [1.29, 1.82) is 10.5 Å². The number of methoxy groups -OCH3 is 1. The third-order valence-electron chi connectivity index (χ3n) is 5.37. The van der Waals surface area contributed by atoms with Gasteiger partial charge in [-0.05, 0) is 42.4 Å². The first-order chi connectivity index (χ1) is 12.5. The summed E-state index contributed by atoms with van der Waals surface area (Å²) < 4.78 is 19.6. The number of benzene rings is 1. The van der Waals surface area contributed by atoms with Gasteiger partial charge in [0.15, 0.2) is 0 Å². The van der Waals surface area contributed by atoms with Gasteiger partial charge in [-0.2, -0.15) is 10.5 Å². The molecule has 1 aromatic carbocycles. The highest BCUT2D eigenvalue weighted by Crippen LogP contribution is 2.56. The van der Waals surface area contributed by atoms with Crippen LogP contribution in [0.2, 0.25) is 0 Å². The Labute approximate surface area is 151 Å². The van der Waals surface area contributed by atoms with Crippen LogP contribution in [0.5, 0.6) is 0 Å². The molecule has 0 saturated heterocycles. The lowest BCUT2D eigenvalue weighted by Crippen LogP contribution is -2.49. The maximum absolute atomic E-state index is 14.7. The summed E-state index contributed by atoms with van der Waals surface area (Å²) in [6.45, 7) is 0. The topological polar surface area (TPSA) is 99.9 Å². The van der Waals surface area contributed by atoms with Gasteiger partial charge in [0.25, 0.3) is 0 Å². The first-order valence-electron chi connectivity index (χ1n) is 8.37. The Morgan fingerprint density at radius 2 is 2.12 bits per heavy atom. The number of hydrogen-bond acceptors (Lipinski definition) is 5. The van der Waals surface area contributed by atoms with Crippen LogP contribution in [0.1, 0.15) is 30.7 Å². The van der Waals surface area contributed by atoms with Gasteiger partial charge in [0.2, 0.25) is 5.41 Å². The smallest absolute Gasteiger partial charge is 0.333 e. The van der Waals surface area contributed by atoms with E-state index in [0.717, 1.165) is 20.0 Å². The van der Waals surface area contributed by atoms with E-state index in [-0.39, 0.29) is 22.8 Å². The molecule has 2 N–H and O–H groups in total. The number of carbonyl (C=O) groups is 1. The highest BCUT2D eigenvalue weighted by molar-refractivity contribution is 5.87. The van der Waals surface area contributed by atoms with Gasteiger partial charge in [-0.25, -0.2) is 9.18 Å². The highest BCUT2D eigenvalue weighted by Gasteiger charge is 2.59. The van der Waals surface area contributed by atoms with Crippen LogP contribution in [0.4, 0.5) is 4.39 Å². The van der Waals surface area contributed by atoms with E-state index in [1.807, 2.05) is 18.2 Å². The number of rotatable bonds is 2. The standard InChI is InChI=1S/C20H18FN3O2/c1-26-19(25)20(11-23)17(14-8-4-5-9-16(14)21)13-7-3-2-6-12(13)15(10-22)18(20)24/h4-6,8-9,13,17H,2-3,7,24H2,1H3/t13-,17+,20+/m0/s1. The van der Waals surface area contributed by atoms with Crippen molar-refractivity contribution in [2.75, 3.05) is 7.11 Å². The van der Waals surface area contributed by atoms with Crippen LogP contribution < -0.4 is 5.73 Å². The van der Waals surface area contributed by atoms with Crippen molar-refractivity contribution >= 4 is 5.97 Å². The molecule has 0 saturated carbocycles. The van der Waals surface area contributed by atoms with Gasteiger partial charge in [0.1, 0.15) is 11.9 Å². The molecule has 3 atom stereocenters. The SMILES string of the molecule is COC(=O)[C@@]1(C#N)C(N)=C(C#N)C2=CCCC[C@@H]2[C@@H]1c1ccccc1F. The van der Waals surface area contributed by atoms with Gasteiger partial charge in [0, 0.05) is 5.92 Å². The first-order valence-corrected chi connectivity index (χ1v) is 8.37. The molecule has 0 amide bonds. The molecule has 0 radical (unpaired) electrons. The zero-order valence-electron chi connectivity index (χ0n) is 14.3. The molecule has 0 unspecified atom stereocenters. The summed E-state index contributed by atoms with van der Waals surface area (Å²) in [6, 6.07) is 10.1. The van der Waals surface area contributed by atoms with Crippen LogP contribution in [0.3, 0.4) is 0 Å². The Morgan fingerprint density at radius 1 is 1.38 bits per heavy atom. The Bertz CT molecular complexity index is 906. The van der Waals surface area contributed by atoms with Crippen LogP contribution in [0.15, 0.2) is 47.2 Å². The van der Waals surface area contributed by atoms with Crippen molar-refractivity contribution in [3.63, 3.8) is 0 Å². The van der Waals surface area contributed by atoms with Crippen molar-refractivity contribution in [3.8, 4) is 12.1 Å². The van der Waals surface area contributed by atoms with E-state index in [1.54, 1.807) is 18.2 Å². The summed E-state index contributed by atoms with van der Waals surface area (Å²) in [6.07, 6.45) is 4.13. The second kappa shape index (κ2) is 6.65. The van der Waals surface area contributed by atoms with E-state index in [9.17, 15) is 19.7 Å². The fourth-order valence-electron chi connectivity index (χ4n) is 4.23. The average molecular weight is 351 g/mol. The van der Waals surface area contributed by atoms with Crippen LogP contribution in [0.25, 0.3) is 0 Å². The Balaban J connectivity index is 2.40. The van der Waals surface area contributed by atoms with Crippen molar-refractivity contribution in [3.05, 3.63) is 58.6 Å². The number of esters is 1. The maximum atomic E-state index is 14.7. The van der Waals surface area contributed by atoms with Crippen LogP contribution in [0, 0.1) is 39.8 Å². The summed E-state index contributed by atoms with van der Waals surface area (Å²) in [5.74, 6) is -2.60. The predicted octanol–water partition coefficient (Wildman–Crippen LogP) is 3.07. The third kappa shape index (κ3) is 2.30. The molecular weight excluding hydrogens is 333 g/mol. The Kier molecular flexibility index (Phi) is 4.52. The summed E-state index contributed by atoms with van der Waals surface area (Å²) in [5.41, 5.74) is 5.17. The molecule has 5 nitrogen and oxygen atoms in total. The van der Waals surface area contributed by atoms with E-state index in [1.165, 1.54) is 6.07 Å². The number of nitrogens with zero attached hydrogens (tertiary/aromatic N) is 2. The number of nitriles is 2. The van der Waals surface area contributed by atoms with Gasteiger partial charge >= 0.3 is 5.97 Å². The number of allylic oxidation sites excluding steroid dienone is 3. The molecule has 0 heterocycles. The minimum atomic E-state index is -1.94. The minimum Gasteiger partial charge on any atom is -0.468 e. The number of fused-ring (bicyclic) bond motifs is 1. The van der Waals surface area contributed by atoms with E-state index in [4.69, 9.17) is 10.5 Å². The van der Waals surface area contributed by atoms with Gasteiger partial charge < -0.3 is 10.5 Å². The second-order valence-electron chi connectivity index (χ2n) is 6.51. The maximum Gasteiger partial charge on any atom is 0.333 e. The van der Waals surface area contributed by atoms with Crippen molar-refractivity contribution < 1.29 is 13.9 Å². The van der Waals surface area contributed by atoms with Gasteiger partial charge in [-0.3, -0.25) is 0 Å². The summed E-state index contributed by atoms with van der Waals surface area (Å²) >= 11 is 0. The largest absolute Gasteiger partial charge is 0.468 e. The molecule has 6 heteroatoms. The molecular formula is C20H18FN3O2. The molecule has 132 valence electrons. The molecule has 2 aliphatic rings. The summed E-state index contributed by atoms with van der Waals surface area (Å²) in [5, 5.41) is 19.7. The molecule has 0 bridgehead atoms. The third-order valence-corrected chi connectivity index (χ3v) is 5.37. The van der Waals surface area contributed by atoms with Crippen molar-refractivity contribution in [1.82, 2.24) is 0 Å². The molecule has 1 aromatic rings. The Hall–Kier alpha value is -3.12. The normalized spacial score (nSPS) is 27.6. The van der Waals surface area contributed by atoms with Gasteiger partial charge in [-0.15, -0.1) is 0 Å². The number of carbonyl (C=O) groups excluding carboxylic acids is 1. The first kappa shape index (κ1) is 17.7. The molecule has 26 heavy (non-hydrogen) atoms. The van der Waals surface area contributed by atoms with E-state index >= 15 is 0 Å². The van der Waals surface area contributed by atoms with Crippen molar-refractivity contribution in [2.45, 2.75) is 25.2 Å². The van der Waals surface area contributed by atoms with Gasteiger partial charge in [0.05, 0.1) is 24.4 Å². The summed E-state index contributed by atoms with van der Waals surface area (Å²) in [4.78, 5) is 12.8. The predicted molar refractivity (Wildman–Crippen MR) is 91.5 cm³/mol.